The number of benzene rings is 2. The maximum Gasteiger partial charge on any atom is 0.319 e. The average Bonchev–Trinajstić information content (AvgIpc) is 3.65. The van der Waals surface area contributed by atoms with Crippen molar-refractivity contribution in [1.29, 1.82) is 0 Å². The van der Waals surface area contributed by atoms with E-state index in [1.165, 1.54) is 24.3 Å². The lowest BCUT2D eigenvalue weighted by Crippen LogP contribution is -2.54. The molecule has 0 spiro atoms. The third-order valence-electron chi connectivity index (χ3n) is 10.6. The number of ether oxygens (including phenoxy) is 1. The van der Waals surface area contributed by atoms with Gasteiger partial charge in [-0.05, 0) is 74.7 Å². The van der Waals surface area contributed by atoms with Crippen molar-refractivity contribution >= 4 is 27.5 Å². The first-order chi connectivity index (χ1) is 22.9. The molecule has 4 aromatic rings. The number of nitrogens with zero attached hydrogens (tertiary/aromatic N) is 5. The van der Waals surface area contributed by atoms with Crippen LogP contribution in [0.5, 0.6) is 11.8 Å². The Kier molecular flexibility index (Phi) is 8.39. The van der Waals surface area contributed by atoms with Crippen LogP contribution in [0.3, 0.4) is 0 Å². The molecule has 2 aromatic heterocycles. The predicted octanol–water partition coefficient (Wildman–Crippen LogP) is 6.20. The topological polar surface area (TPSA) is 86.6 Å². The highest BCUT2D eigenvalue weighted by atomic mass is 19.1. The van der Waals surface area contributed by atoms with Gasteiger partial charge in [0.2, 0.25) is 0 Å². The number of fused-ring (bicyclic) bond motifs is 4. The maximum absolute atomic E-state index is 17.1. The number of anilines is 1. The Balaban J connectivity index is 0.00000172. The third kappa shape index (κ3) is 5.15. The van der Waals surface area contributed by atoms with Crippen LogP contribution < -0.4 is 15.0 Å². The van der Waals surface area contributed by atoms with Crippen LogP contribution in [0.4, 0.5) is 14.6 Å². The van der Waals surface area contributed by atoms with E-state index in [4.69, 9.17) is 26.1 Å². The minimum absolute atomic E-state index is 0.00589. The highest BCUT2D eigenvalue weighted by Gasteiger charge is 2.45. The number of rotatable bonds is 5. The Morgan fingerprint density at radius 3 is 2.62 bits per heavy atom. The summed E-state index contributed by atoms with van der Waals surface area (Å²) in [5, 5.41) is 15.6. The van der Waals surface area contributed by atoms with Gasteiger partial charge >= 0.3 is 6.01 Å². The smallest absolute Gasteiger partial charge is 0.319 e. The predicted molar refractivity (Wildman–Crippen MR) is 181 cm³/mol. The van der Waals surface area contributed by atoms with E-state index in [0.717, 1.165) is 64.8 Å². The SMILES string of the molecule is C#Cc1c(F)ccc2cc(O)cc(-c3nc4c5c(nc(OCC67CCCN6CCC7)nc5c3F)N3CCNCC3C(CC)C4)c12.CC. The second-order valence-electron chi connectivity index (χ2n) is 13.0. The summed E-state index contributed by atoms with van der Waals surface area (Å²) in [6.07, 6.45) is 11.7. The molecule has 0 radical (unpaired) electrons. The van der Waals surface area contributed by atoms with Crippen molar-refractivity contribution in [3.05, 3.63) is 47.2 Å². The lowest BCUT2D eigenvalue weighted by molar-refractivity contribution is 0.108. The van der Waals surface area contributed by atoms with E-state index in [2.05, 4.69) is 28.0 Å². The van der Waals surface area contributed by atoms with Crippen LogP contribution in [0, 0.1) is 29.9 Å². The zero-order chi connectivity index (χ0) is 32.9. The van der Waals surface area contributed by atoms with Crippen LogP contribution in [0.2, 0.25) is 0 Å². The van der Waals surface area contributed by atoms with E-state index in [9.17, 15) is 9.50 Å². The highest BCUT2D eigenvalue weighted by molar-refractivity contribution is 6.03. The zero-order valence-electron chi connectivity index (χ0n) is 27.4. The van der Waals surface area contributed by atoms with Crippen LogP contribution in [0.25, 0.3) is 32.9 Å². The Labute approximate surface area is 274 Å². The van der Waals surface area contributed by atoms with Gasteiger partial charge in [0.1, 0.15) is 35.2 Å². The van der Waals surface area contributed by atoms with Crippen molar-refractivity contribution in [2.75, 3.05) is 44.2 Å². The second kappa shape index (κ2) is 12.5. The first kappa shape index (κ1) is 31.5. The summed E-state index contributed by atoms with van der Waals surface area (Å²) in [4.78, 5) is 19.5. The number of pyridine rings is 1. The van der Waals surface area contributed by atoms with Crippen LogP contribution in [0.1, 0.15) is 64.1 Å². The number of hydrogen-bond donors (Lipinski definition) is 2. The van der Waals surface area contributed by atoms with Crippen molar-refractivity contribution in [3.63, 3.8) is 0 Å². The van der Waals surface area contributed by atoms with Crippen molar-refractivity contribution in [2.24, 2.45) is 5.92 Å². The van der Waals surface area contributed by atoms with Gasteiger partial charge in [0.05, 0.1) is 22.2 Å². The first-order valence-electron chi connectivity index (χ1n) is 17.1. The lowest BCUT2D eigenvalue weighted by Gasteiger charge is -2.40. The average molecular weight is 641 g/mol. The molecule has 3 saturated heterocycles. The van der Waals surface area contributed by atoms with Crippen LogP contribution in [-0.4, -0.2) is 75.9 Å². The standard InChI is InChI=1S/C35H36F2N6O2.C2H6/c1-3-20-16-26-29-32(30(37)31(39-26)24-17-22(44)15-21-7-8-25(36)23(4-2)28(21)24)40-34(41-33(29)43-14-11-38-18-27(20)43)45-19-35-9-5-12-42(35)13-6-10-35;1-2/h2,7-8,15,17,20,27,38,44H,3,5-6,9-14,16,18-19H2,1H3;1-2H3. The molecule has 3 fully saturated rings. The van der Waals surface area contributed by atoms with Crippen LogP contribution in [-0.2, 0) is 6.42 Å². The summed E-state index contributed by atoms with van der Waals surface area (Å²) in [6, 6.07) is 5.97. The molecule has 4 aliphatic rings. The van der Waals surface area contributed by atoms with Gasteiger partial charge in [-0.25, -0.2) is 13.8 Å². The summed E-state index contributed by atoms with van der Waals surface area (Å²) >= 11 is 0. The van der Waals surface area contributed by atoms with Crippen molar-refractivity contribution in [3.8, 4) is 35.4 Å². The fourth-order valence-corrected chi connectivity index (χ4v) is 8.43. The zero-order valence-corrected chi connectivity index (χ0v) is 27.4. The second-order valence-corrected chi connectivity index (χ2v) is 13.0. The summed E-state index contributed by atoms with van der Waals surface area (Å²) in [5.41, 5.74) is 0.954. The van der Waals surface area contributed by atoms with Gasteiger partial charge in [-0.3, -0.25) is 4.90 Å². The quantitative estimate of drug-likeness (QED) is 0.250. The molecule has 6 heterocycles. The van der Waals surface area contributed by atoms with Gasteiger partial charge in [-0.1, -0.05) is 39.2 Å². The van der Waals surface area contributed by atoms with Crippen molar-refractivity contribution < 1.29 is 18.6 Å². The number of aromatic hydroxyl groups is 1. The van der Waals surface area contributed by atoms with Crippen molar-refractivity contribution in [1.82, 2.24) is 25.2 Å². The molecule has 47 heavy (non-hydrogen) atoms. The van der Waals surface area contributed by atoms with E-state index in [-0.39, 0.29) is 51.6 Å². The molecular weight excluding hydrogens is 598 g/mol. The molecule has 2 N–H and O–H groups in total. The number of phenols is 1. The van der Waals surface area contributed by atoms with Gasteiger partial charge in [-0.15, -0.1) is 6.42 Å². The molecule has 0 saturated carbocycles. The number of aromatic nitrogens is 3. The van der Waals surface area contributed by atoms with Gasteiger partial charge in [-0.2, -0.15) is 9.97 Å². The lowest BCUT2D eigenvalue weighted by atomic mass is 9.90. The van der Waals surface area contributed by atoms with Crippen molar-refractivity contribution in [2.45, 2.75) is 70.9 Å². The number of nitrogens with one attached hydrogen (secondary N) is 1. The Hall–Kier alpha value is -4.07. The molecule has 246 valence electrons. The number of hydrogen-bond acceptors (Lipinski definition) is 8. The van der Waals surface area contributed by atoms with Gasteiger partial charge in [0.15, 0.2) is 5.82 Å². The first-order valence-corrected chi connectivity index (χ1v) is 17.1. The maximum atomic E-state index is 17.1. The van der Waals surface area contributed by atoms with E-state index in [1.54, 1.807) is 0 Å². The number of phenolic OH excluding ortho intramolecular Hbond substituents is 1. The molecule has 2 unspecified atom stereocenters. The molecule has 2 aromatic carbocycles. The molecule has 2 atom stereocenters. The third-order valence-corrected chi connectivity index (χ3v) is 10.6. The summed E-state index contributed by atoms with van der Waals surface area (Å²) in [7, 11) is 0. The van der Waals surface area contributed by atoms with E-state index in [0.29, 0.717) is 40.7 Å². The monoisotopic (exact) mass is 640 g/mol. The van der Waals surface area contributed by atoms with E-state index < -0.39 is 11.6 Å². The van der Waals surface area contributed by atoms with E-state index in [1.807, 2.05) is 13.8 Å². The van der Waals surface area contributed by atoms with Gasteiger partial charge in [0.25, 0.3) is 0 Å². The molecule has 4 aliphatic heterocycles. The molecule has 8 nitrogen and oxygen atoms in total. The minimum Gasteiger partial charge on any atom is -0.508 e. The molecule has 10 heteroatoms. The number of terminal acetylenes is 1. The molecular formula is C37H42F2N6O2. The normalized spacial score (nSPS) is 21.5. The molecule has 0 bridgehead atoms. The number of halogens is 2. The van der Waals surface area contributed by atoms with E-state index >= 15 is 4.39 Å². The largest absolute Gasteiger partial charge is 0.508 e. The molecule has 0 amide bonds. The van der Waals surface area contributed by atoms with Crippen LogP contribution >= 0.6 is 0 Å². The summed E-state index contributed by atoms with van der Waals surface area (Å²) in [6.45, 7) is 11.0. The highest BCUT2D eigenvalue weighted by Crippen LogP contribution is 2.44. The summed E-state index contributed by atoms with van der Waals surface area (Å²) in [5.74, 6) is 1.92. The molecule has 0 aliphatic carbocycles. The Morgan fingerprint density at radius 2 is 1.87 bits per heavy atom. The summed E-state index contributed by atoms with van der Waals surface area (Å²) < 4.78 is 38.5. The van der Waals surface area contributed by atoms with Crippen LogP contribution in [0.15, 0.2) is 24.3 Å². The molecule has 8 rings (SSSR count). The Bertz CT molecular complexity index is 1880. The van der Waals surface area contributed by atoms with Gasteiger partial charge in [0, 0.05) is 36.6 Å². The van der Waals surface area contributed by atoms with Gasteiger partial charge < -0.3 is 20.1 Å². The fourth-order valence-electron chi connectivity index (χ4n) is 8.43. The number of piperazine rings is 1. The fraction of sp³-hybridized carbons (Fsp3) is 0.486. The Morgan fingerprint density at radius 1 is 1.09 bits per heavy atom. The minimum atomic E-state index is -0.676.